The highest BCUT2D eigenvalue weighted by Crippen LogP contribution is 2.32. The predicted octanol–water partition coefficient (Wildman–Crippen LogP) is 4.82. The molecule has 1 aliphatic heterocycles. The second-order valence-electron chi connectivity index (χ2n) is 10.8. The molecular weight excluding hydrogens is 548 g/mol. The summed E-state index contributed by atoms with van der Waals surface area (Å²) in [5, 5.41) is 11.4. The van der Waals surface area contributed by atoms with Crippen LogP contribution in [0.2, 0.25) is 0 Å². The summed E-state index contributed by atoms with van der Waals surface area (Å²) in [5.41, 5.74) is 10.4. The zero-order chi connectivity index (χ0) is 29.8. The molecule has 0 radical (unpaired) electrons. The van der Waals surface area contributed by atoms with E-state index in [1.54, 1.807) is 17.0 Å². The number of para-hydroxylation sites is 1. The maximum atomic E-state index is 13.3. The van der Waals surface area contributed by atoms with E-state index in [-0.39, 0.29) is 34.5 Å². The van der Waals surface area contributed by atoms with Gasteiger partial charge in [0.1, 0.15) is 5.75 Å². The van der Waals surface area contributed by atoms with Gasteiger partial charge in [0.15, 0.2) is 11.6 Å². The predicted molar refractivity (Wildman–Crippen MR) is 168 cm³/mol. The summed E-state index contributed by atoms with van der Waals surface area (Å²) in [5.74, 6) is -0.0878. The Morgan fingerprint density at radius 2 is 1.69 bits per heavy atom. The molecule has 1 fully saturated rings. The van der Waals surface area contributed by atoms with Crippen molar-refractivity contribution in [1.82, 2.24) is 14.3 Å². The van der Waals surface area contributed by atoms with E-state index in [1.807, 2.05) is 38.4 Å². The van der Waals surface area contributed by atoms with Crippen LogP contribution in [-0.2, 0) is 6.42 Å². The van der Waals surface area contributed by atoms with Crippen molar-refractivity contribution in [3.05, 3.63) is 94.8 Å². The van der Waals surface area contributed by atoms with Gasteiger partial charge in [-0.3, -0.25) is 9.59 Å². The molecule has 1 atom stereocenters. The van der Waals surface area contributed by atoms with Gasteiger partial charge in [0.25, 0.3) is 5.91 Å². The van der Waals surface area contributed by atoms with Crippen LogP contribution in [0, 0.1) is 0 Å². The highest BCUT2D eigenvalue weighted by Gasteiger charge is 2.27. The smallest absolute Gasteiger partial charge is 0.257 e. The number of aromatic nitrogens is 2. The Balaban J connectivity index is 1.33. The number of hydrogen-bond donors (Lipinski definition) is 2. The number of ketones is 1. The van der Waals surface area contributed by atoms with Crippen LogP contribution < -0.4 is 15.5 Å². The molecule has 10 heteroatoms. The van der Waals surface area contributed by atoms with Crippen LogP contribution in [0.4, 0.5) is 16.5 Å². The SMILES string of the molecule is CC(=O)c1cccc(C(=O)N2CCCN(c3nc(C(Cc4ccc(N(C)C)cc4)c4ccc(N)cc4)ns3)CC2)c1O. The fourth-order valence-electron chi connectivity index (χ4n) is 5.23. The highest BCUT2D eigenvalue weighted by atomic mass is 32.1. The van der Waals surface area contributed by atoms with Crippen LogP contribution in [0.5, 0.6) is 5.75 Å². The van der Waals surface area contributed by atoms with E-state index in [1.165, 1.54) is 30.1 Å². The second kappa shape index (κ2) is 12.6. The summed E-state index contributed by atoms with van der Waals surface area (Å²) in [6.45, 7) is 3.71. The molecule has 0 aliphatic carbocycles. The highest BCUT2D eigenvalue weighted by molar-refractivity contribution is 7.09. The summed E-state index contributed by atoms with van der Waals surface area (Å²) < 4.78 is 4.81. The number of aromatic hydroxyl groups is 1. The lowest BCUT2D eigenvalue weighted by Crippen LogP contribution is -2.35. The number of phenols is 1. The standard InChI is InChI=1S/C32H36N6O3S/c1-21(39)26-6-4-7-27(29(26)40)31(41)37-16-5-17-38(19-18-37)32-34-30(35-42-32)28(23-10-12-24(33)13-11-23)20-22-8-14-25(15-9-22)36(2)3/h4,6-15,28,40H,5,16-20,33H2,1-3H3. The lowest BCUT2D eigenvalue weighted by atomic mass is 9.91. The second-order valence-corrected chi connectivity index (χ2v) is 11.5. The fraction of sp³-hybridized carbons (Fsp3) is 0.312. The molecule has 5 rings (SSSR count). The monoisotopic (exact) mass is 584 g/mol. The van der Waals surface area contributed by atoms with Crippen molar-refractivity contribution in [3.8, 4) is 5.75 Å². The molecule has 2 heterocycles. The van der Waals surface area contributed by atoms with Crippen LogP contribution in [0.15, 0.2) is 66.7 Å². The van der Waals surface area contributed by atoms with E-state index in [0.29, 0.717) is 25.3 Å². The van der Waals surface area contributed by atoms with Gasteiger partial charge in [0, 0.05) is 69.1 Å². The molecule has 1 unspecified atom stereocenters. The molecule has 0 bridgehead atoms. The molecule has 1 amide bonds. The van der Waals surface area contributed by atoms with Gasteiger partial charge in [-0.2, -0.15) is 4.37 Å². The molecule has 4 aromatic rings. The van der Waals surface area contributed by atoms with Crippen LogP contribution in [0.1, 0.15) is 56.9 Å². The first-order chi connectivity index (χ1) is 20.2. The van der Waals surface area contributed by atoms with Crippen LogP contribution in [0.3, 0.4) is 0 Å². The van der Waals surface area contributed by atoms with Gasteiger partial charge in [0.05, 0.1) is 11.1 Å². The average molecular weight is 585 g/mol. The molecule has 1 saturated heterocycles. The Hall–Kier alpha value is -4.44. The number of hydrogen-bond acceptors (Lipinski definition) is 9. The quantitative estimate of drug-likeness (QED) is 0.224. The Labute approximate surface area is 250 Å². The molecule has 0 spiro atoms. The first-order valence-corrected chi connectivity index (χ1v) is 14.8. The van der Waals surface area contributed by atoms with Crippen molar-refractivity contribution in [2.45, 2.75) is 25.7 Å². The van der Waals surface area contributed by atoms with Gasteiger partial charge >= 0.3 is 0 Å². The number of nitrogens with zero attached hydrogens (tertiary/aromatic N) is 5. The van der Waals surface area contributed by atoms with Crippen molar-refractivity contribution < 1.29 is 14.7 Å². The van der Waals surface area contributed by atoms with Gasteiger partial charge in [-0.1, -0.05) is 30.3 Å². The van der Waals surface area contributed by atoms with E-state index in [4.69, 9.17) is 15.1 Å². The Kier molecular flexibility index (Phi) is 8.72. The molecule has 1 aromatic heterocycles. The molecule has 42 heavy (non-hydrogen) atoms. The van der Waals surface area contributed by atoms with E-state index in [0.717, 1.165) is 41.6 Å². The minimum absolute atomic E-state index is 0.0395. The average Bonchev–Trinajstić information content (AvgIpc) is 3.33. The normalized spacial score (nSPS) is 14.4. The number of carbonyl (C=O) groups is 2. The molecule has 3 N–H and O–H groups in total. The lowest BCUT2D eigenvalue weighted by Gasteiger charge is -2.22. The number of carbonyl (C=O) groups excluding carboxylic acids is 2. The van der Waals surface area contributed by atoms with E-state index in [9.17, 15) is 14.7 Å². The number of amides is 1. The van der Waals surface area contributed by atoms with Crippen molar-refractivity contribution in [1.29, 1.82) is 0 Å². The summed E-state index contributed by atoms with van der Waals surface area (Å²) >= 11 is 1.37. The van der Waals surface area contributed by atoms with Crippen molar-refractivity contribution in [2.75, 3.05) is 55.8 Å². The Morgan fingerprint density at radius 3 is 2.38 bits per heavy atom. The lowest BCUT2D eigenvalue weighted by molar-refractivity contribution is 0.0764. The third kappa shape index (κ3) is 6.38. The first-order valence-electron chi connectivity index (χ1n) is 14.0. The first kappa shape index (κ1) is 29.1. The number of nitrogens with two attached hydrogens (primary N) is 1. The largest absolute Gasteiger partial charge is 0.506 e. The van der Waals surface area contributed by atoms with E-state index in [2.05, 4.69) is 34.1 Å². The molecule has 3 aromatic carbocycles. The van der Waals surface area contributed by atoms with Crippen molar-refractivity contribution in [2.24, 2.45) is 0 Å². The van der Waals surface area contributed by atoms with Gasteiger partial charge < -0.3 is 25.5 Å². The van der Waals surface area contributed by atoms with Gasteiger partial charge in [0.2, 0.25) is 5.13 Å². The number of benzene rings is 3. The maximum absolute atomic E-state index is 13.3. The number of nitrogen functional groups attached to an aromatic ring is 1. The zero-order valence-corrected chi connectivity index (χ0v) is 25.0. The van der Waals surface area contributed by atoms with Crippen molar-refractivity contribution in [3.63, 3.8) is 0 Å². The Morgan fingerprint density at radius 1 is 0.976 bits per heavy atom. The summed E-state index contributed by atoms with van der Waals surface area (Å²) in [6.07, 6.45) is 1.49. The van der Waals surface area contributed by atoms with Gasteiger partial charge in [-0.25, -0.2) is 4.98 Å². The number of Topliss-reactive ketones (excluding diaryl/α,β-unsaturated/α-hetero) is 1. The fourth-order valence-corrected chi connectivity index (χ4v) is 6.01. The van der Waals surface area contributed by atoms with Crippen LogP contribution in [-0.4, -0.2) is 71.3 Å². The summed E-state index contributed by atoms with van der Waals surface area (Å²) in [6, 6.07) is 21.2. The summed E-state index contributed by atoms with van der Waals surface area (Å²) in [7, 11) is 4.06. The Bertz CT molecular complexity index is 1550. The number of rotatable bonds is 8. The van der Waals surface area contributed by atoms with Crippen LogP contribution >= 0.6 is 11.5 Å². The van der Waals surface area contributed by atoms with E-state index < -0.39 is 0 Å². The van der Waals surface area contributed by atoms with E-state index >= 15 is 0 Å². The topological polar surface area (TPSA) is 116 Å². The summed E-state index contributed by atoms with van der Waals surface area (Å²) in [4.78, 5) is 36.1. The maximum Gasteiger partial charge on any atom is 0.257 e. The third-order valence-electron chi connectivity index (χ3n) is 7.67. The zero-order valence-electron chi connectivity index (χ0n) is 24.2. The van der Waals surface area contributed by atoms with Crippen molar-refractivity contribution >= 4 is 39.7 Å². The third-order valence-corrected chi connectivity index (χ3v) is 8.46. The van der Waals surface area contributed by atoms with Gasteiger partial charge in [-0.15, -0.1) is 0 Å². The molecule has 9 nitrogen and oxygen atoms in total. The number of anilines is 3. The molecule has 1 aliphatic rings. The van der Waals surface area contributed by atoms with Gasteiger partial charge in [-0.05, 0) is 67.3 Å². The molecule has 218 valence electrons. The minimum Gasteiger partial charge on any atom is -0.506 e. The molecule has 0 saturated carbocycles. The molecular formula is C32H36N6O3S. The number of phenolic OH excluding ortho intramolecular Hbond substituents is 1. The minimum atomic E-state index is -0.279. The van der Waals surface area contributed by atoms with Crippen LogP contribution in [0.25, 0.3) is 0 Å².